The molecule has 0 aliphatic carbocycles. The normalized spacial score (nSPS) is 15.0. The smallest absolute Gasteiger partial charge is 0.224 e. The highest BCUT2D eigenvalue weighted by atomic mass is 19.1. The summed E-state index contributed by atoms with van der Waals surface area (Å²) in [6.07, 6.45) is 3.21. The fourth-order valence-electron chi connectivity index (χ4n) is 4.36. The fraction of sp³-hybridized carbons (Fsp3) is 0.536. The van der Waals surface area contributed by atoms with Crippen LogP contribution in [-0.4, -0.2) is 18.6 Å². The Morgan fingerprint density at radius 3 is 2.42 bits per heavy atom. The van der Waals surface area contributed by atoms with Crippen LogP contribution in [0, 0.1) is 25.1 Å². The molecule has 3 rings (SSSR count). The monoisotopic (exact) mass is 454 g/mol. The van der Waals surface area contributed by atoms with Gasteiger partial charge in [-0.05, 0) is 92.0 Å². The van der Waals surface area contributed by atoms with Crippen molar-refractivity contribution in [1.82, 2.24) is 0 Å². The van der Waals surface area contributed by atoms with Gasteiger partial charge in [0.1, 0.15) is 0 Å². The maximum Gasteiger partial charge on any atom is 0.224 e. The molecule has 1 N–H and O–H groups in total. The Bertz CT molecular complexity index is 987. The molecule has 2 aromatic carbocycles. The van der Waals surface area contributed by atoms with Crippen LogP contribution in [0.25, 0.3) is 0 Å². The number of hydrogen-bond acceptors (Lipinski definition) is 3. The van der Waals surface area contributed by atoms with Crippen molar-refractivity contribution in [2.75, 3.05) is 16.8 Å². The summed E-state index contributed by atoms with van der Waals surface area (Å²) in [7, 11) is 0. The molecule has 0 radical (unpaired) electrons. The Morgan fingerprint density at radius 2 is 1.82 bits per heavy atom. The number of benzene rings is 2. The summed E-state index contributed by atoms with van der Waals surface area (Å²) in [5.74, 6) is 0.106. The molecule has 4 nitrogen and oxygen atoms in total. The molecule has 1 heterocycles. The highest BCUT2D eigenvalue weighted by Gasteiger charge is 2.21. The fourth-order valence-corrected chi connectivity index (χ4v) is 4.36. The van der Waals surface area contributed by atoms with Crippen LogP contribution < -0.4 is 15.0 Å². The number of rotatable bonds is 6. The zero-order valence-electron chi connectivity index (χ0n) is 21.3. The van der Waals surface area contributed by atoms with Gasteiger partial charge >= 0.3 is 0 Å². The van der Waals surface area contributed by atoms with Crippen molar-refractivity contribution in [3.8, 4) is 5.75 Å². The minimum Gasteiger partial charge on any atom is -0.488 e. The summed E-state index contributed by atoms with van der Waals surface area (Å²) >= 11 is 0. The van der Waals surface area contributed by atoms with Gasteiger partial charge in [-0.2, -0.15) is 0 Å². The number of nitrogens with zero attached hydrogens (tertiary/aromatic N) is 1. The molecule has 1 atom stereocenters. The number of ether oxygens (including phenoxy) is 1. The Morgan fingerprint density at radius 1 is 1.15 bits per heavy atom. The highest BCUT2D eigenvalue weighted by Crippen LogP contribution is 2.33. The van der Waals surface area contributed by atoms with Crippen LogP contribution in [0.3, 0.4) is 0 Å². The lowest BCUT2D eigenvalue weighted by Crippen LogP contribution is -2.24. The maximum absolute atomic E-state index is 14.8. The molecule has 5 heteroatoms. The number of aryl methyl sites for hydroxylation is 3. The first kappa shape index (κ1) is 25.1. The first-order valence-electron chi connectivity index (χ1n) is 12.1. The zero-order chi connectivity index (χ0) is 24.3. The molecule has 33 heavy (non-hydrogen) atoms. The maximum atomic E-state index is 14.8. The number of fused-ring (bicyclic) bond motifs is 1. The molecular weight excluding hydrogens is 415 g/mol. The van der Waals surface area contributed by atoms with Gasteiger partial charge in [0.25, 0.3) is 0 Å². The molecule has 180 valence electrons. The van der Waals surface area contributed by atoms with E-state index in [1.165, 1.54) is 0 Å². The molecule has 0 saturated carbocycles. The van der Waals surface area contributed by atoms with Crippen LogP contribution in [0.2, 0.25) is 0 Å². The van der Waals surface area contributed by atoms with Crippen molar-refractivity contribution < 1.29 is 13.9 Å². The minimum atomic E-state index is -0.292. The number of hydrogen-bond donors (Lipinski definition) is 1. The van der Waals surface area contributed by atoms with E-state index >= 15 is 0 Å². The second-order valence-corrected chi connectivity index (χ2v) is 10.7. The van der Waals surface area contributed by atoms with Gasteiger partial charge in [0.15, 0.2) is 11.6 Å². The average Bonchev–Trinajstić information content (AvgIpc) is 2.91. The quantitative estimate of drug-likeness (QED) is 0.514. The predicted molar refractivity (Wildman–Crippen MR) is 135 cm³/mol. The van der Waals surface area contributed by atoms with E-state index in [4.69, 9.17) is 4.74 Å². The Hall–Kier alpha value is -2.56. The second-order valence-electron chi connectivity index (χ2n) is 10.7. The van der Waals surface area contributed by atoms with Gasteiger partial charge in [-0.1, -0.05) is 27.7 Å². The van der Waals surface area contributed by atoms with E-state index < -0.39 is 0 Å². The van der Waals surface area contributed by atoms with E-state index in [1.54, 1.807) is 6.07 Å². The molecule has 1 aliphatic rings. The first-order valence-corrected chi connectivity index (χ1v) is 12.1. The van der Waals surface area contributed by atoms with E-state index in [-0.39, 0.29) is 23.2 Å². The molecule has 0 aromatic heterocycles. The molecular formula is C28H39FN2O2. The molecule has 1 amide bonds. The van der Waals surface area contributed by atoms with Gasteiger partial charge in [0.2, 0.25) is 5.91 Å². The van der Waals surface area contributed by atoms with Crippen molar-refractivity contribution >= 4 is 17.3 Å². The van der Waals surface area contributed by atoms with E-state index in [9.17, 15) is 9.18 Å². The first-order chi connectivity index (χ1) is 15.5. The molecule has 1 aliphatic heterocycles. The lowest BCUT2D eigenvalue weighted by atomic mass is 9.92. The standard InChI is InChI=1S/C28H39FN2O2/c1-8-20(4)33-25-15-21-10-9-11-31(17-22(21)14-24(25)29)23-12-18(2)27(19(3)13-23)30-26(32)16-28(5,6)7/h12-15,20H,8-11,16-17H2,1-7H3,(H,30,32)/t20-/m0/s1. The molecule has 0 spiro atoms. The van der Waals surface area contributed by atoms with Crippen LogP contribution >= 0.6 is 0 Å². The Balaban J connectivity index is 1.82. The van der Waals surface area contributed by atoms with Gasteiger partial charge in [-0.25, -0.2) is 4.39 Å². The number of amides is 1. The van der Waals surface area contributed by atoms with Crippen molar-refractivity contribution in [1.29, 1.82) is 0 Å². The van der Waals surface area contributed by atoms with Crippen LogP contribution in [-0.2, 0) is 17.8 Å². The summed E-state index contributed by atoms with van der Waals surface area (Å²) in [5, 5.41) is 3.11. The Labute approximate surface area is 198 Å². The second kappa shape index (κ2) is 10.1. The number of carbonyl (C=O) groups is 1. The third-order valence-electron chi connectivity index (χ3n) is 6.23. The van der Waals surface area contributed by atoms with Gasteiger partial charge in [-0.3, -0.25) is 4.79 Å². The van der Waals surface area contributed by atoms with Crippen molar-refractivity contribution in [3.63, 3.8) is 0 Å². The van der Waals surface area contributed by atoms with Crippen molar-refractivity contribution in [3.05, 3.63) is 52.3 Å². The number of carbonyl (C=O) groups excluding carboxylic acids is 1. The summed E-state index contributed by atoms with van der Waals surface area (Å²) in [6.45, 7) is 15.8. The van der Waals surface area contributed by atoms with E-state index in [1.807, 2.05) is 33.8 Å². The third kappa shape index (κ3) is 6.49. The molecule has 0 unspecified atom stereocenters. The van der Waals surface area contributed by atoms with Crippen LogP contribution in [0.4, 0.5) is 15.8 Å². The Kier molecular flexibility index (Phi) is 7.71. The SMILES string of the molecule is CC[C@H](C)Oc1cc2c(cc1F)CN(c1cc(C)c(NC(=O)CC(C)(C)C)c(C)c1)CCC2. The van der Waals surface area contributed by atoms with E-state index in [0.29, 0.717) is 18.7 Å². The van der Waals surface area contributed by atoms with Gasteiger partial charge in [0, 0.05) is 30.9 Å². The third-order valence-corrected chi connectivity index (χ3v) is 6.23. The van der Waals surface area contributed by atoms with E-state index in [2.05, 4.69) is 43.1 Å². The van der Waals surface area contributed by atoms with Crippen molar-refractivity contribution in [2.45, 2.75) is 86.8 Å². The largest absolute Gasteiger partial charge is 0.488 e. The lowest BCUT2D eigenvalue weighted by Gasteiger charge is -2.26. The summed E-state index contributed by atoms with van der Waals surface area (Å²) in [4.78, 5) is 14.8. The molecule has 0 bridgehead atoms. The number of anilines is 2. The van der Waals surface area contributed by atoms with Gasteiger partial charge in [0.05, 0.1) is 6.10 Å². The molecule has 2 aromatic rings. The average molecular weight is 455 g/mol. The molecule has 0 fully saturated rings. The van der Waals surface area contributed by atoms with Gasteiger partial charge in [-0.15, -0.1) is 0 Å². The van der Waals surface area contributed by atoms with Crippen LogP contribution in [0.5, 0.6) is 5.75 Å². The zero-order valence-corrected chi connectivity index (χ0v) is 21.3. The number of nitrogens with one attached hydrogen (secondary N) is 1. The summed E-state index contributed by atoms with van der Waals surface area (Å²) in [5.41, 5.74) is 6.20. The minimum absolute atomic E-state index is 0.00631. The number of halogens is 1. The topological polar surface area (TPSA) is 41.6 Å². The summed E-state index contributed by atoms with van der Waals surface area (Å²) < 4.78 is 20.6. The summed E-state index contributed by atoms with van der Waals surface area (Å²) in [6, 6.07) is 7.79. The van der Waals surface area contributed by atoms with Crippen LogP contribution in [0.1, 0.15) is 76.1 Å². The van der Waals surface area contributed by atoms with Gasteiger partial charge < -0.3 is 15.0 Å². The predicted octanol–water partition coefficient (Wildman–Crippen LogP) is 6.95. The highest BCUT2D eigenvalue weighted by molar-refractivity contribution is 5.93. The van der Waals surface area contributed by atoms with E-state index in [0.717, 1.165) is 59.4 Å². The molecule has 0 saturated heterocycles. The lowest BCUT2D eigenvalue weighted by molar-refractivity contribution is -0.117. The van der Waals surface area contributed by atoms with Crippen molar-refractivity contribution in [2.24, 2.45) is 5.41 Å². The van der Waals surface area contributed by atoms with Crippen LogP contribution in [0.15, 0.2) is 24.3 Å².